The molecule has 0 radical (unpaired) electrons. The summed E-state index contributed by atoms with van der Waals surface area (Å²) in [5.41, 5.74) is 0.814. The molecule has 1 N–H and O–H groups in total. The van der Waals surface area contributed by atoms with Gasteiger partial charge in [0.1, 0.15) is 0 Å². The summed E-state index contributed by atoms with van der Waals surface area (Å²) >= 11 is 0. The van der Waals surface area contributed by atoms with Crippen molar-refractivity contribution in [2.24, 2.45) is 5.92 Å². The van der Waals surface area contributed by atoms with Crippen LogP contribution in [0.15, 0.2) is 10.6 Å². The molecule has 128 valence electrons. The van der Waals surface area contributed by atoms with Crippen molar-refractivity contribution in [2.45, 2.75) is 39.0 Å². The van der Waals surface area contributed by atoms with Gasteiger partial charge in [-0.2, -0.15) is 0 Å². The van der Waals surface area contributed by atoms with Gasteiger partial charge in [-0.1, -0.05) is 12.1 Å². The number of hydrogen-bond acceptors (Lipinski definition) is 5. The molecule has 0 aliphatic heterocycles. The van der Waals surface area contributed by atoms with Crippen LogP contribution in [-0.2, 0) is 9.53 Å². The summed E-state index contributed by atoms with van der Waals surface area (Å²) in [5.74, 6) is -1.29. The summed E-state index contributed by atoms with van der Waals surface area (Å²) in [7, 11) is 0. The van der Waals surface area contributed by atoms with Crippen molar-refractivity contribution in [3.05, 3.63) is 17.5 Å². The number of carboxylic acid groups (broad SMARTS) is 1. The Balaban J connectivity index is 2.00. The highest BCUT2D eigenvalue weighted by molar-refractivity contribution is 5.91. The van der Waals surface area contributed by atoms with Crippen molar-refractivity contribution < 1.29 is 24.0 Å². The van der Waals surface area contributed by atoms with Gasteiger partial charge in [-0.05, 0) is 26.2 Å². The molecule has 1 aromatic rings. The quantitative estimate of drug-likeness (QED) is 0.663. The molecule has 1 heterocycles. The van der Waals surface area contributed by atoms with Crippen LogP contribution < -0.4 is 0 Å². The SMILES string of the molecule is CCOCCCN(CC(C)C(=O)O)C(=O)c1cc(C2CC2)no1. The van der Waals surface area contributed by atoms with Crippen molar-refractivity contribution in [3.8, 4) is 0 Å². The van der Waals surface area contributed by atoms with E-state index in [0.29, 0.717) is 32.1 Å². The Morgan fingerprint density at radius 3 is 2.87 bits per heavy atom. The molecule has 0 bridgehead atoms. The second-order valence-corrected chi connectivity index (χ2v) is 5.93. The van der Waals surface area contributed by atoms with Gasteiger partial charge in [0.25, 0.3) is 5.91 Å². The smallest absolute Gasteiger partial charge is 0.308 e. The van der Waals surface area contributed by atoms with Crippen molar-refractivity contribution in [1.29, 1.82) is 0 Å². The Hall–Kier alpha value is -1.89. The molecule has 1 aliphatic carbocycles. The van der Waals surface area contributed by atoms with E-state index in [-0.39, 0.29) is 18.2 Å². The lowest BCUT2D eigenvalue weighted by atomic mass is 10.1. The summed E-state index contributed by atoms with van der Waals surface area (Å²) in [4.78, 5) is 25.2. The molecule has 7 nitrogen and oxygen atoms in total. The minimum atomic E-state index is -0.927. The van der Waals surface area contributed by atoms with Crippen LogP contribution in [0.2, 0.25) is 0 Å². The van der Waals surface area contributed by atoms with E-state index in [1.165, 1.54) is 4.90 Å². The minimum Gasteiger partial charge on any atom is -0.481 e. The van der Waals surface area contributed by atoms with Gasteiger partial charge in [0.05, 0.1) is 11.6 Å². The van der Waals surface area contributed by atoms with Gasteiger partial charge in [-0.15, -0.1) is 0 Å². The maximum absolute atomic E-state index is 12.6. The Morgan fingerprint density at radius 1 is 1.52 bits per heavy atom. The minimum absolute atomic E-state index is 0.139. The number of rotatable bonds is 10. The van der Waals surface area contributed by atoms with Gasteiger partial charge < -0.3 is 19.3 Å². The number of nitrogens with zero attached hydrogens (tertiary/aromatic N) is 2. The maximum Gasteiger partial charge on any atom is 0.308 e. The Morgan fingerprint density at radius 2 is 2.26 bits per heavy atom. The average Bonchev–Trinajstić information content (AvgIpc) is 3.26. The number of aromatic nitrogens is 1. The van der Waals surface area contributed by atoms with E-state index in [2.05, 4.69) is 5.16 Å². The molecule has 1 fully saturated rings. The molecule has 1 amide bonds. The van der Waals surface area contributed by atoms with Gasteiger partial charge in [0.15, 0.2) is 0 Å². The van der Waals surface area contributed by atoms with Crippen LogP contribution in [-0.4, -0.2) is 53.3 Å². The third-order valence-corrected chi connectivity index (χ3v) is 3.86. The highest BCUT2D eigenvalue weighted by Crippen LogP contribution is 2.39. The summed E-state index contributed by atoms with van der Waals surface area (Å²) in [6.07, 6.45) is 2.80. The zero-order chi connectivity index (χ0) is 16.8. The molecule has 23 heavy (non-hydrogen) atoms. The molecule has 1 unspecified atom stereocenters. The predicted molar refractivity (Wildman–Crippen MR) is 82.3 cm³/mol. The third-order valence-electron chi connectivity index (χ3n) is 3.86. The zero-order valence-corrected chi connectivity index (χ0v) is 13.7. The number of amides is 1. The molecule has 1 aliphatic rings. The number of carbonyl (C=O) groups excluding carboxylic acids is 1. The summed E-state index contributed by atoms with van der Waals surface area (Å²) in [6, 6.07) is 1.68. The zero-order valence-electron chi connectivity index (χ0n) is 13.7. The fourth-order valence-corrected chi connectivity index (χ4v) is 2.30. The lowest BCUT2D eigenvalue weighted by Gasteiger charge is -2.23. The monoisotopic (exact) mass is 324 g/mol. The molecule has 1 aromatic heterocycles. The fourth-order valence-electron chi connectivity index (χ4n) is 2.30. The van der Waals surface area contributed by atoms with Crippen molar-refractivity contribution in [1.82, 2.24) is 10.1 Å². The first kappa shape index (κ1) is 17.5. The molecule has 1 atom stereocenters. The van der Waals surface area contributed by atoms with Crippen LogP contribution in [0.3, 0.4) is 0 Å². The van der Waals surface area contributed by atoms with E-state index in [4.69, 9.17) is 14.4 Å². The molecule has 2 rings (SSSR count). The van der Waals surface area contributed by atoms with E-state index in [1.54, 1.807) is 13.0 Å². The molecular formula is C16H24N2O5. The second-order valence-electron chi connectivity index (χ2n) is 5.93. The summed E-state index contributed by atoms with van der Waals surface area (Å²) in [6.45, 7) is 5.21. The predicted octanol–water partition coefficient (Wildman–Crippen LogP) is 2.14. The van der Waals surface area contributed by atoms with Crippen LogP contribution in [0.25, 0.3) is 0 Å². The number of carboxylic acids is 1. The van der Waals surface area contributed by atoms with Crippen LogP contribution in [0.5, 0.6) is 0 Å². The standard InChI is InChI=1S/C16H24N2O5/c1-3-22-8-4-7-18(10-11(2)16(20)21)15(19)14-9-13(17-23-14)12-5-6-12/h9,11-12H,3-8,10H2,1-2H3,(H,20,21). The highest BCUT2D eigenvalue weighted by atomic mass is 16.5. The first-order valence-electron chi connectivity index (χ1n) is 8.09. The first-order chi connectivity index (χ1) is 11.0. The van der Waals surface area contributed by atoms with Gasteiger partial charge in [-0.25, -0.2) is 0 Å². The maximum atomic E-state index is 12.6. The first-order valence-corrected chi connectivity index (χ1v) is 8.09. The van der Waals surface area contributed by atoms with E-state index in [9.17, 15) is 9.59 Å². The van der Waals surface area contributed by atoms with Crippen molar-refractivity contribution in [3.63, 3.8) is 0 Å². The molecule has 7 heteroatoms. The van der Waals surface area contributed by atoms with Crippen molar-refractivity contribution in [2.75, 3.05) is 26.3 Å². The third kappa shape index (κ3) is 5.06. The summed E-state index contributed by atoms with van der Waals surface area (Å²) < 4.78 is 10.4. The van der Waals surface area contributed by atoms with Crippen LogP contribution in [0.4, 0.5) is 0 Å². The number of hydrogen-bond donors (Lipinski definition) is 1. The van der Waals surface area contributed by atoms with Crippen molar-refractivity contribution >= 4 is 11.9 Å². The lowest BCUT2D eigenvalue weighted by molar-refractivity contribution is -0.141. The van der Waals surface area contributed by atoms with Gasteiger partial charge in [-0.3, -0.25) is 9.59 Å². The molecule has 1 saturated carbocycles. The van der Waals surface area contributed by atoms with E-state index < -0.39 is 11.9 Å². The largest absolute Gasteiger partial charge is 0.481 e. The van der Waals surface area contributed by atoms with E-state index in [0.717, 1.165) is 18.5 Å². The normalized spacial score (nSPS) is 15.4. The number of aliphatic carboxylic acids is 1. The van der Waals surface area contributed by atoms with E-state index >= 15 is 0 Å². The number of carbonyl (C=O) groups is 2. The van der Waals surface area contributed by atoms with E-state index in [1.807, 2.05) is 6.92 Å². The molecule has 0 aromatic carbocycles. The average molecular weight is 324 g/mol. The van der Waals surface area contributed by atoms with Crippen LogP contribution in [0, 0.1) is 5.92 Å². The molecular weight excluding hydrogens is 300 g/mol. The lowest BCUT2D eigenvalue weighted by Crippen LogP contribution is -2.37. The summed E-state index contributed by atoms with van der Waals surface area (Å²) in [5, 5.41) is 13.0. The molecule has 0 spiro atoms. The van der Waals surface area contributed by atoms with Gasteiger partial charge in [0.2, 0.25) is 5.76 Å². The van der Waals surface area contributed by atoms with Crippen LogP contribution in [0.1, 0.15) is 55.3 Å². The Bertz CT molecular complexity index is 538. The molecule has 0 saturated heterocycles. The van der Waals surface area contributed by atoms with Gasteiger partial charge in [0, 0.05) is 38.3 Å². The second kappa shape index (κ2) is 8.10. The van der Waals surface area contributed by atoms with Gasteiger partial charge >= 0.3 is 5.97 Å². The Kier molecular flexibility index (Phi) is 6.15. The number of ether oxygens (including phenoxy) is 1. The van der Waals surface area contributed by atoms with Crippen LogP contribution >= 0.6 is 0 Å². The topological polar surface area (TPSA) is 92.9 Å². The Labute approximate surface area is 135 Å². The highest BCUT2D eigenvalue weighted by Gasteiger charge is 2.30. The fraction of sp³-hybridized carbons (Fsp3) is 0.688.